The Kier molecular flexibility index (Phi) is 4.02. The molecule has 0 saturated carbocycles. The van der Waals surface area contributed by atoms with Gasteiger partial charge in [0.05, 0.1) is 5.39 Å². The molecule has 112 valence electrons. The number of fused-ring (bicyclic) bond motifs is 1. The molecule has 1 aromatic heterocycles. The molecule has 3 rings (SSSR count). The Bertz CT molecular complexity index is 856. The van der Waals surface area contributed by atoms with Gasteiger partial charge in [0.15, 0.2) is 0 Å². The molecule has 4 heteroatoms. The van der Waals surface area contributed by atoms with Crippen LogP contribution in [-0.2, 0) is 6.42 Å². The van der Waals surface area contributed by atoms with Crippen LogP contribution in [0.3, 0.4) is 0 Å². The molecule has 0 spiro atoms. The largest absolute Gasteiger partial charge is 0.330 e. The molecule has 22 heavy (non-hydrogen) atoms. The highest BCUT2D eigenvalue weighted by Crippen LogP contribution is 2.19. The molecule has 2 aromatic carbocycles. The topological polar surface area (TPSA) is 48.0 Å². The minimum absolute atomic E-state index is 0.128. The second-order valence-corrected chi connectivity index (χ2v) is 5.21. The number of aromatic nitrogens is 1. The molecule has 0 amide bonds. The van der Waals surface area contributed by atoms with Crippen molar-refractivity contribution in [1.29, 1.82) is 0 Å². The second-order valence-electron chi connectivity index (χ2n) is 5.21. The van der Waals surface area contributed by atoms with Crippen molar-refractivity contribution < 1.29 is 4.39 Å². The number of rotatable bonds is 4. The predicted molar refractivity (Wildman–Crippen MR) is 86.9 cm³/mol. The van der Waals surface area contributed by atoms with Crippen LogP contribution in [0.4, 0.5) is 4.39 Å². The lowest BCUT2D eigenvalue weighted by Crippen LogP contribution is -2.23. The van der Waals surface area contributed by atoms with Gasteiger partial charge in [0.1, 0.15) is 5.82 Å². The summed E-state index contributed by atoms with van der Waals surface area (Å²) in [5, 5.41) is 0.757. The summed E-state index contributed by atoms with van der Waals surface area (Å²) in [6, 6.07) is 15.9. The Hall–Kier alpha value is -2.46. The highest BCUT2D eigenvalue weighted by molar-refractivity contribution is 5.83. The molecule has 0 atom stereocenters. The van der Waals surface area contributed by atoms with Gasteiger partial charge in [-0.3, -0.25) is 9.36 Å². The van der Waals surface area contributed by atoms with Gasteiger partial charge in [0.2, 0.25) is 0 Å². The van der Waals surface area contributed by atoms with E-state index in [1.165, 1.54) is 6.07 Å². The Morgan fingerprint density at radius 3 is 2.55 bits per heavy atom. The average molecular weight is 296 g/mol. The van der Waals surface area contributed by atoms with Crippen LogP contribution < -0.4 is 11.3 Å². The molecule has 0 aliphatic rings. The monoisotopic (exact) mass is 296 g/mol. The summed E-state index contributed by atoms with van der Waals surface area (Å²) in [5.41, 5.74) is 6.85. The summed E-state index contributed by atoms with van der Waals surface area (Å²) in [6.07, 6.45) is 1.44. The van der Waals surface area contributed by atoms with Crippen molar-refractivity contribution >= 4 is 10.8 Å². The first kappa shape index (κ1) is 14.5. The molecule has 0 radical (unpaired) electrons. The summed E-state index contributed by atoms with van der Waals surface area (Å²) < 4.78 is 15.7. The molecule has 3 nitrogen and oxygen atoms in total. The summed E-state index contributed by atoms with van der Waals surface area (Å²) >= 11 is 0. The van der Waals surface area contributed by atoms with E-state index in [-0.39, 0.29) is 10.9 Å². The lowest BCUT2D eigenvalue weighted by atomic mass is 10.1. The fraction of sp³-hybridized carbons (Fsp3) is 0.167. The first-order valence-corrected chi connectivity index (χ1v) is 7.31. The number of nitrogens with zero attached hydrogens (tertiary/aromatic N) is 1. The van der Waals surface area contributed by atoms with Crippen LogP contribution in [0, 0.1) is 5.82 Å². The fourth-order valence-electron chi connectivity index (χ4n) is 2.70. The van der Waals surface area contributed by atoms with E-state index < -0.39 is 5.82 Å². The third-order valence-corrected chi connectivity index (χ3v) is 3.72. The van der Waals surface area contributed by atoms with E-state index in [1.807, 2.05) is 36.4 Å². The molecule has 0 bridgehead atoms. The zero-order chi connectivity index (χ0) is 15.5. The van der Waals surface area contributed by atoms with Crippen LogP contribution >= 0.6 is 0 Å². The number of benzene rings is 2. The van der Waals surface area contributed by atoms with Gasteiger partial charge >= 0.3 is 0 Å². The molecule has 0 unspecified atom stereocenters. The van der Waals surface area contributed by atoms with E-state index in [4.69, 9.17) is 5.73 Å². The molecule has 0 aliphatic carbocycles. The van der Waals surface area contributed by atoms with Gasteiger partial charge in [-0.15, -0.1) is 0 Å². The number of nitrogens with two attached hydrogens (primary N) is 1. The minimum atomic E-state index is -0.488. The van der Waals surface area contributed by atoms with Gasteiger partial charge < -0.3 is 5.73 Å². The third-order valence-electron chi connectivity index (χ3n) is 3.72. The molecule has 2 N–H and O–H groups in total. The highest BCUT2D eigenvalue weighted by Gasteiger charge is 2.13. The summed E-state index contributed by atoms with van der Waals surface area (Å²) in [5.74, 6) is -0.488. The van der Waals surface area contributed by atoms with Crippen LogP contribution in [0.5, 0.6) is 0 Å². The zero-order valence-corrected chi connectivity index (χ0v) is 12.1. The van der Waals surface area contributed by atoms with Crippen LogP contribution in [-0.4, -0.2) is 11.1 Å². The van der Waals surface area contributed by atoms with Gasteiger partial charge in [0, 0.05) is 11.4 Å². The first-order chi connectivity index (χ1) is 10.7. The Balaban J connectivity index is 2.34. The lowest BCUT2D eigenvalue weighted by molar-refractivity contribution is 0.637. The molecule has 0 saturated heterocycles. The van der Waals surface area contributed by atoms with E-state index >= 15 is 0 Å². The molecular formula is C18H17FN2O. The SMILES string of the molecule is NCCCc1cc2cccc(F)c2c(=O)n1-c1ccccc1. The van der Waals surface area contributed by atoms with E-state index in [0.29, 0.717) is 18.4 Å². The van der Waals surface area contributed by atoms with Gasteiger partial charge in [-0.1, -0.05) is 30.3 Å². The van der Waals surface area contributed by atoms with E-state index in [1.54, 1.807) is 16.7 Å². The van der Waals surface area contributed by atoms with E-state index in [0.717, 1.165) is 17.8 Å². The van der Waals surface area contributed by atoms with Crippen LogP contribution in [0.1, 0.15) is 12.1 Å². The Labute approximate surface area is 127 Å². The zero-order valence-electron chi connectivity index (χ0n) is 12.1. The maximum Gasteiger partial charge on any atom is 0.266 e. The van der Waals surface area contributed by atoms with Crippen molar-refractivity contribution in [1.82, 2.24) is 4.57 Å². The quantitative estimate of drug-likeness (QED) is 0.804. The summed E-state index contributed by atoms with van der Waals surface area (Å²) in [6.45, 7) is 0.546. The van der Waals surface area contributed by atoms with Gasteiger partial charge in [-0.2, -0.15) is 0 Å². The molecule has 1 heterocycles. The third kappa shape index (κ3) is 2.53. The van der Waals surface area contributed by atoms with Crippen molar-refractivity contribution in [3.63, 3.8) is 0 Å². The van der Waals surface area contributed by atoms with Crippen LogP contribution in [0.25, 0.3) is 16.5 Å². The normalized spacial score (nSPS) is 11.0. The molecular weight excluding hydrogens is 279 g/mol. The fourth-order valence-corrected chi connectivity index (χ4v) is 2.70. The Morgan fingerprint density at radius 1 is 1.05 bits per heavy atom. The number of hydrogen-bond acceptors (Lipinski definition) is 2. The maximum absolute atomic E-state index is 14.1. The van der Waals surface area contributed by atoms with E-state index in [2.05, 4.69) is 0 Å². The molecule has 0 fully saturated rings. The van der Waals surface area contributed by atoms with Crippen molar-refractivity contribution in [2.45, 2.75) is 12.8 Å². The summed E-state index contributed by atoms with van der Waals surface area (Å²) in [7, 11) is 0. The number of pyridine rings is 1. The van der Waals surface area contributed by atoms with E-state index in [9.17, 15) is 9.18 Å². The minimum Gasteiger partial charge on any atom is -0.330 e. The summed E-state index contributed by atoms with van der Waals surface area (Å²) in [4.78, 5) is 12.8. The second kappa shape index (κ2) is 6.12. The predicted octanol–water partition coefficient (Wildman–Crippen LogP) is 3.02. The highest BCUT2D eigenvalue weighted by atomic mass is 19.1. The van der Waals surface area contributed by atoms with Crippen molar-refractivity contribution in [3.8, 4) is 5.69 Å². The smallest absolute Gasteiger partial charge is 0.266 e. The van der Waals surface area contributed by atoms with Crippen LogP contribution in [0.2, 0.25) is 0 Å². The van der Waals surface area contributed by atoms with Gasteiger partial charge in [-0.05, 0) is 49.0 Å². The average Bonchev–Trinajstić information content (AvgIpc) is 2.53. The van der Waals surface area contributed by atoms with Crippen molar-refractivity contribution in [2.75, 3.05) is 6.54 Å². The van der Waals surface area contributed by atoms with Gasteiger partial charge in [-0.25, -0.2) is 4.39 Å². The maximum atomic E-state index is 14.1. The number of aryl methyl sites for hydroxylation is 1. The first-order valence-electron chi connectivity index (χ1n) is 7.31. The Morgan fingerprint density at radius 2 is 1.82 bits per heavy atom. The van der Waals surface area contributed by atoms with Gasteiger partial charge in [0.25, 0.3) is 5.56 Å². The standard InChI is InChI=1S/C18H17FN2O/c19-16-10-4-6-13-12-15(9-5-11-20)21(18(22)17(13)16)14-7-2-1-3-8-14/h1-4,6-8,10,12H,5,9,11,20H2. The molecule has 3 aromatic rings. The number of halogens is 1. The lowest BCUT2D eigenvalue weighted by Gasteiger charge is -2.14. The molecule has 0 aliphatic heterocycles. The van der Waals surface area contributed by atoms with Crippen molar-refractivity contribution in [3.05, 3.63) is 76.5 Å². The number of hydrogen-bond donors (Lipinski definition) is 1. The number of para-hydroxylation sites is 1. The van der Waals surface area contributed by atoms with Crippen LogP contribution in [0.15, 0.2) is 59.4 Å². The van der Waals surface area contributed by atoms with Crippen molar-refractivity contribution in [2.24, 2.45) is 5.73 Å².